The highest BCUT2D eigenvalue weighted by atomic mass is 35.5. The Hall–Kier alpha value is -0.980. The van der Waals surface area contributed by atoms with E-state index in [-0.39, 0.29) is 0 Å². The highest BCUT2D eigenvalue weighted by molar-refractivity contribution is 6.18. The van der Waals surface area contributed by atoms with Crippen molar-refractivity contribution in [2.45, 2.75) is 12.8 Å². The van der Waals surface area contributed by atoms with E-state index in [0.29, 0.717) is 11.8 Å². The molecule has 0 aliphatic rings. The third kappa shape index (κ3) is 3.51. The van der Waals surface area contributed by atoms with Crippen LogP contribution in [0.15, 0.2) is 48.5 Å². The van der Waals surface area contributed by atoms with E-state index in [9.17, 15) is 0 Å². The number of hydrogen-bond donors (Lipinski definition) is 0. The fourth-order valence-electron chi connectivity index (χ4n) is 1.95. The second-order valence-corrected chi connectivity index (χ2v) is 5.03. The molecule has 0 bridgehead atoms. The maximum absolute atomic E-state index is 5.73. The van der Waals surface area contributed by atoms with Gasteiger partial charge >= 0.3 is 0 Å². The topological polar surface area (TPSA) is 0 Å². The molecule has 0 atom stereocenters. The molecule has 0 aliphatic heterocycles. The van der Waals surface area contributed by atoms with E-state index in [4.69, 9.17) is 23.2 Å². The molecule has 2 aromatic carbocycles. The molecular weight excluding hydrogens is 263 g/mol. The summed E-state index contributed by atoms with van der Waals surface area (Å²) >= 11 is 11.5. The number of alkyl halides is 2. The lowest BCUT2D eigenvalue weighted by atomic mass is 10.0. The third-order valence-corrected chi connectivity index (χ3v) is 3.39. The van der Waals surface area contributed by atoms with Gasteiger partial charge in [0.1, 0.15) is 0 Å². The summed E-state index contributed by atoms with van der Waals surface area (Å²) in [5.74, 6) is 1.35. The summed E-state index contributed by atoms with van der Waals surface area (Å²) in [6.07, 6.45) is 1.85. The molecule has 0 nitrogen and oxygen atoms in total. The maximum Gasteiger partial charge on any atom is 0.0263 e. The normalized spacial score (nSPS) is 10.6. The molecule has 0 amide bonds. The second kappa shape index (κ2) is 6.82. The Morgan fingerprint density at radius 1 is 0.556 bits per heavy atom. The summed E-state index contributed by atoms with van der Waals surface area (Å²) in [7, 11) is 0. The van der Waals surface area contributed by atoms with Crippen LogP contribution in [0.25, 0.3) is 11.1 Å². The summed E-state index contributed by atoms with van der Waals surface area (Å²) in [4.78, 5) is 0. The van der Waals surface area contributed by atoms with Crippen molar-refractivity contribution in [3.05, 3.63) is 59.7 Å². The Balaban J connectivity index is 2.15. The predicted octanol–water partition coefficient (Wildman–Crippen LogP) is 4.92. The summed E-state index contributed by atoms with van der Waals surface area (Å²) in [6.45, 7) is 0. The van der Waals surface area contributed by atoms with Crippen molar-refractivity contribution in [2.75, 3.05) is 11.8 Å². The molecule has 2 aromatic rings. The van der Waals surface area contributed by atoms with Crippen molar-refractivity contribution in [1.82, 2.24) is 0 Å². The van der Waals surface area contributed by atoms with E-state index in [1.54, 1.807) is 0 Å². The van der Waals surface area contributed by atoms with Gasteiger partial charge in [-0.25, -0.2) is 0 Å². The van der Waals surface area contributed by atoms with Gasteiger partial charge in [-0.05, 0) is 35.1 Å². The maximum atomic E-state index is 5.73. The van der Waals surface area contributed by atoms with E-state index >= 15 is 0 Å². The lowest BCUT2D eigenvalue weighted by molar-refractivity contribution is 1.15. The van der Waals surface area contributed by atoms with Crippen LogP contribution in [-0.4, -0.2) is 11.8 Å². The van der Waals surface area contributed by atoms with E-state index in [2.05, 4.69) is 48.5 Å². The summed E-state index contributed by atoms with van der Waals surface area (Å²) < 4.78 is 0. The zero-order valence-corrected chi connectivity index (χ0v) is 11.7. The van der Waals surface area contributed by atoms with Crippen LogP contribution in [0.5, 0.6) is 0 Å². The van der Waals surface area contributed by atoms with Gasteiger partial charge in [0, 0.05) is 11.8 Å². The molecule has 0 saturated carbocycles. The van der Waals surface area contributed by atoms with Crippen LogP contribution in [0.1, 0.15) is 11.1 Å². The summed E-state index contributed by atoms with van der Waals surface area (Å²) in [6, 6.07) is 17.2. The van der Waals surface area contributed by atoms with E-state index in [1.807, 2.05) is 0 Å². The molecule has 0 spiro atoms. The smallest absolute Gasteiger partial charge is 0.0263 e. The molecule has 0 unspecified atom stereocenters. The first-order chi connectivity index (χ1) is 8.83. The molecule has 0 aromatic heterocycles. The fourth-order valence-corrected chi connectivity index (χ4v) is 2.38. The number of halogens is 2. The van der Waals surface area contributed by atoms with E-state index in [0.717, 1.165) is 12.8 Å². The minimum atomic E-state index is 0.673. The molecule has 0 heterocycles. The standard InChI is InChI=1S/C16H16Cl2/c17-11-9-13-1-5-15(6-2-13)16-7-3-14(4-8-16)10-12-18/h1-8H,9-12H2. The molecular formula is C16H16Cl2. The monoisotopic (exact) mass is 278 g/mol. The first-order valence-corrected chi connectivity index (χ1v) is 7.20. The number of aryl methyl sites for hydroxylation is 2. The van der Waals surface area contributed by atoms with Crippen molar-refractivity contribution in [3.63, 3.8) is 0 Å². The zero-order chi connectivity index (χ0) is 12.8. The molecule has 0 fully saturated rings. The number of hydrogen-bond acceptors (Lipinski definition) is 0. The average Bonchev–Trinajstić information content (AvgIpc) is 2.41. The first-order valence-electron chi connectivity index (χ1n) is 6.13. The highest BCUT2D eigenvalue weighted by Crippen LogP contribution is 2.21. The average molecular weight is 279 g/mol. The van der Waals surface area contributed by atoms with Gasteiger partial charge in [0.15, 0.2) is 0 Å². The zero-order valence-electron chi connectivity index (χ0n) is 10.2. The molecule has 18 heavy (non-hydrogen) atoms. The highest BCUT2D eigenvalue weighted by Gasteiger charge is 1.99. The van der Waals surface area contributed by atoms with Crippen molar-refractivity contribution < 1.29 is 0 Å². The largest absolute Gasteiger partial charge is 0.126 e. The van der Waals surface area contributed by atoms with Crippen LogP contribution < -0.4 is 0 Å². The van der Waals surface area contributed by atoms with Crippen LogP contribution >= 0.6 is 23.2 Å². The molecule has 0 saturated heterocycles. The Labute approximate surface area is 119 Å². The van der Waals surface area contributed by atoms with Gasteiger partial charge in [0.25, 0.3) is 0 Å². The number of benzene rings is 2. The summed E-state index contributed by atoms with van der Waals surface area (Å²) in [5.41, 5.74) is 5.05. The van der Waals surface area contributed by atoms with Gasteiger partial charge in [0.2, 0.25) is 0 Å². The molecule has 2 rings (SSSR count). The predicted molar refractivity (Wildman–Crippen MR) is 80.7 cm³/mol. The van der Waals surface area contributed by atoms with Gasteiger partial charge in [-0.15, -0.1) is 23.2 Å². The Kier molecular flexibility index (Phi) is 5.10. The van der Waals surface area contributed by atoms with Gasteiger partial charge in [-0.3, -0.25) is 0 Å². The van der Waals surface area contributed by atoms with Crippen LogP contribution in [0.3, 0.4) is 0 Å². The van der Waals surface area contributed by atoms with Crippen LogP contribution in [0.2, 0.25) is 0 Å². The van der Waals surface area contributed by atoms with Crippen LogP contribution in [0.4, 0.5) is 0 Å². The molecule has 94 valence electrons. The van der Waals surface area contributed by atoms with Crippen molar-refractivity contribution in [2.24, 2.45) is 0 Å². The second-order valence-electron chi connectivity index (χ2n) is 4.27. The molecule has 2 heteroatoms. The van der Waals surface area contributed by atoms with Crippen molar-refractivity contribution in [3.8, 4) is 11.1 Å². The Morgan fingerprint density at radius 3 is 1.17 bits per heavy atom. The van der Waals surface area contributed by atoms with Gasteiger partial charge in [0.05, 0.1) is 0 Å². The third-order valence-electron chi connectivity index (χ3n) is 3.01. The lowest BCUT2D eigenvalue weighted by Gasteiger charge is -2.05. The van der Waals surface area contributed by atoms with Gasteiger partial charge in [-0.2, -0.15) is 0 Å². The summed E-state index contributed by atoms with van der Waals surface area (Å²) in [5, 5.41) is 0. The molecule has 0 radical (unpaired) electrons. The van der Waals surface area contributed by atoms with Crippen molar-refractivity contribution in [1.29, 1.82) is 0 Å². The SMILES string of the molecule is ClCCc1ccc(-c2ccc(CCCl)cc2)cc1. The van der Waals surface area contributed by atoms with Crippen molar-refractivity contribution >= 4 is 23.2 Å². The minimum absolute atomic E-state index is 0.673. The lowest BCUT2D eigenvalue weighted by Crippen LogP contribution is -1.87. The number of rotatable bonds is 5. The van der Waals surface area contributed by atoms with Gasteiger partial charge < -0.3 is 0 Å². The minimum Gasteiger partial charge on any atom is -0.126 e. The quantitative estimate of drug-likeness (QED) is 0.682. The Bertz CT molecular complexity index is 424. The van der Waals surface area contributed by atoms with Crippen LogP contribution in [0, 0.1) is 0 Å². The first kappa shape index (κ1) is 13.5. The van der Waals surface area contributed by atoms with E-state index in [1.165, 1.54) is 22.3 Å². The van der Waals surface area contributed by atoms with Crippen LogP contribution in [-0.2, 0) is 12.8 Å². The molecule has 0 aliphatic carbocycles. The van der Waals surface area contributed by atoms with E-state index < -0.39 is 0 Å². The molecule has 0 N–H and O–H groups in total. The van der Waals surface area contributed by atoms with Gasteiger partial charge in [-0.1, -0.05) is 48.5 Å². The Morgan fingerprint density at radius 2 is 0.889 bits per heavy atom. The fraction of sp³-hybridized carbons (Fsp3) is 0.250.